The van der Waals surface area contributed by atoms with Gasteiger partial charge in [0.15, 0.2) is 0 Å². The van der Waals surface area contributed by atoms with Crippen LogP contribution >= 0.6 is 11.5 Å². The van der Waals surface area contributed by atoms with E-state index in [0.29, 0.717) is 24.6 Å². The molecule has 1 aromatic heterocycles. The summed E-state index contributed by atoms with van der Waals surface area (Å²) >= 11 is 1.17. The molecule has 0 saturated carbocycles. The van der Waals surface area contributed by atoms with Crippen molar-refractivity contribution in [3.8, 4) is 0 Å². The molecule has 1 fully saturated rings. The number of amides is 1. The van der Waals surface area contributed by atoms with Crippen LogP contribution in [0.5, 0.6) is 0 Å². The van der Waals surface area contributed by atoms with Gasteiger partial charge in [0, 0.05) is 20.2 Å². The third-order valence-corrected chi connectivity index (χ3v) is 3.81. The molecule has 2 heterocycles. The number of nitrogens with zero attached hydrogens (tertiary/aromatic N) is 3. The first-order chi connectivity index (χ1) is 9.15. The molecule has 1 aliphatic rings. The van der Waals surface area contributed by atoms with E-state index >= 15 is 0 Å². The molecular formula is C12H19N3O3S. The first kappa shape index (κ1) is 14.4. The summed E-state index contributed by atoms with van der Waals surface area (Å²) in [5.74, 6) is 0.00287. The topological polar surface area (TPSA) is 64.6 Å². The van der Waals surface area contributed by atoms with Gasteiger partial charge < -0.3 is 14.4 Å². The summed E-state index contributed by atoms with van der Waals surface area (Å²) in [5.41, 5.74) is 0.775. The molecule has 2 rings (SSSR count). The Labute approximate surface area is 116 Å². The third kappa shape index (κ3) is 3.29. The van der Waals surface area contributed by atoms with E-state index in [0.717, 1.165) is 12.1 Å². The minimum absolute atomic E-state index is 0.00287. The van der Waals surface area contributed by atoms with Crippen LogP contribution in [0, 0.1) is 0 Å². The van der Waals surface area contributed by atoms with Crippen LogP contribution in [0.2, 0.25) is 0 Å². The molecule has 0 N–H and O–H groups in total. The maximum Gasteiger partial charge on any atom is 0.267 e. The predicted molar refractivity (Wildman–Crippen MR) is 71.4 cm³/mol. The van der Waals surface area contributed by atoms with E-state index in [1.54, 1.807) is 7.11 Å². The minimum Gasteiger partial charge on any atom is -0.382 e. The number of carbonyl (C=O) groups is 1. The van der Waals surface area contributed by atoms with Crippen LogP contribution in [0.4, 0.5) is 0 Å². The number of hydrogen-bond donors (Lipinski definition) is 0. The molecule has 0 aliphatic carbocycles. The lowest BCUT2D eigenvalue weighted by Gasteiger charge is -2.36. The van der Waals surface area contributed by atoms with E-state index in [1.807, 2.05) is 18.7 Å². The zero-order valence-electron chi connectivity index (χ0n) is 11.5. The standard InChI is InChI=1S/C12H19N3O3S/c1-4-10-11(19-14-13-10)12(16)15-5-8(2)18-9(6-15)7-17-3/h8-9H,4-7H2,1-3H3/t8-,9+/m0/s1. The van der Waals surface area contributed by atoms with Gasteiger partial charge in [-0.05, 0) is 24.9 Å². The Bertz CT molecular complexity index is 438. The molecule has 0 aromatic carbocycles. The lowest BCUT2D eigenvalue weighted by Crippen LogP contribution is -2.50. The van der Waals surface area contributed by atoms with Crippen molar-refractivity contribution in [2.45, 2.75) is 32.5 Å². The number of morpholine rings is 1. The van der Waals surface area contributed by atoms with Gasteiger partial charge in [0.25, 0.3) is 5.91 Å². The van der Waals surface area contributed by atoms with Crippen molar-refractivity contribution < 1.29 is 14.3 Å². The number of rotatable bonds is 4. The van der Waals surface area contributed by atoms with E-state index in [2.05, 4.69) is 9.59 Å². The molecule has 6 nitrogen and oxygen atoms in total. The number of methoxy groups -OCH3 is 1. The molecule has 1 saturated heterocycles. The lowest BCUT2D eigenvalue weighted by molar-refractivity contribution is -0.0918. The Morgan fingerprint density at radius 2 is 2.37 bits per heavy atom. The van der Waals surface area contributed by atoms with E-state index in [-0.39, 0.29) is 18.1 Å². The first-order valence-electron chi connectivity index (χ1n) is 6.40. The van der Waals surface area contributed by atoms with Crippen LogP contribution in [0.1, 0.15) is 29.2 Å². The fourth-order valence-electron chi connectivity index (χ4n) is 2.23. The van der Waals surface area contributed by atoms with Crippen LogP contribution in [0.3, 0.4) is 0 Å². The molecule has 7 heteroatoms. The van der Waals surface area contributed by atoms with Gasteiger partial charge in [-0.1, -0.05) is 11.4 Å². The maximum atomic E-state index is 12.5. The molecule has 1 amide bonds. The summed E-state index contributed by atoms with van der Waals surface area (Å²) in [6.07, 6.45) is 0.673. The highest BCUT2D eigenvalue weighted by molar-refractivity contribution is 7.08. The number of aryl methyl sites for hydroxylation is 1. The molecule has 19 heavy (non-hydrogen) atoms. The van der Waals surface area contributed by atoms with Gasteiger partial charge in [-0.15, -0.1) is 5.10 Å². The molecule has 1 aromatic rings. The van der Waals surface area contributed by atoms with Crippen molar-refractivity contribution >= 4 is 17.4 Å². The van der Waals surface area contributed by atoms with Crippen LogP contribution in [0.15, 0.2) is 0 Å². The molecule has 0 radical (unpaired) electrons. The van der Waals surface area contributed by atoms with Gasteiger partial charge in [-0.2, -0.15) is 0 Å². The molecule has 106 valence electrons. The van der Waals surface area contributed by atoms with Crippen LogP contribution < -0.4 is 0 Å². The summed E-state index contributed by atoms with van der Waals surface area (Å²) in [6, 6.07) is 0. The highest BCUT2D eigenvalue weighted by Crippen LogP contribution is 2.18. The highest BCUT2D eigenvalue weighted by Gasteiger charge is 2.30. The van der Waals surface area contributed by atoms with Crippen molar-refractivity contribution in [1.82, 2.24) is 14.5 Å². The van der Waals surface area contributed by atoms with Gasteiger partial charge in [0.05, 0.1) is 24.5 Å². The van der Waals surface area contributed by atoms with E-state index < -0.39 is 0 Å². The van der Waals surface area contributed by atoms with Gasteiger partial charge in [-0.3, -0.25) is 4.79 Å². The second-order valence-electron chi connectivity index (χ2n) is 4.64. The number of ether oxygens (including phenoxy) is 2. The summed E-state index contributed by atoms with van der Waals surface area (Å²) in [4.78, 5) is 15.0. The van der Waals surface area contributed by atoms with Gasteiger partial charge >= 0.3 is 0 Å². The quantitative estimate of drug-likeness (QED) is 0.825. The van der Waals surface area contributed by atoms with Crippen LogP contribution in [-0.2, 0) is 15.9 Å². The molecular weight excluding hydrogens is 266 g/mol. The average molecular weight is 285 g/mol. The third-order valence-electron chi connectivity index (χ3n) is 3.05. The van der Waals surface area contributed by atoms with E-state index in [9.17, 15) is 4.79 Å². The Morgan fingerprint density at radius 3 is 3.05 bits per heavy atom. The Morgan fingerprint density at radius 1 is 1.58 bits per heavy atom. The maximum absolute atomic E-state index is 12.5. The van der Waals surface area contributed by atoms with Crippen molar-refractivity contribution in [2.24, 2.45) is 0 Å². The minimum atomic E-state index is -0.0661. The summed E-state index contributed by atoms with van der Waals surface area (Å²) in [7, 11) is 1.64. The van der Waals surface area contributed by atoms with E-state index in [4.69, 9.17) is 9.47 Å². The fraction of sp³-hybridized carbons (Fsp3) is 0.750. The Balaban J connectivity index is 2.09. The summed E-state index contributed by atoms with van der Waals surface area (Å²) < 4.78 is 14.7. The van der Waals surface area contributed by atoms with Crippen molar-refractivity contribution in [3.63, 3.8) is 0 Å². The number of aromatic nitrogens is 2. The molecule has 2 atom stereocenters. The van der Waals surface area contributed by atoms with E-state index in [1.165, 1.54) is 11.5 Å². The highest BCUT2D eigenvalue weighted by atomic mass is 32.1. The number of carbonyl (C=O) groups excluding carboxylic acids is 1. The summed E-state index contributed by atoms with van der Waals surface area (Å²) in [6.45, 7) is 5.59. The largest absolute Gasteiger partial charge is 0.382 e. The Hall–Kier alpha value is -1.05. The zero-order chi connectivity index (χ0) is 13.8. The summed E-state index contributed by atoms with van der Waals surface area (Å²) in [5, 5.41) is 3.99. The van der Waals surface area contributed by atoms with Crippen LogP contribution in [-0.4, -0.2) is 59.4 Å². The van der Waals surface area contributed by atoms with Gasteiger partial charge in [-0.25, -0.2) is 0 Å². The molecule has 0 unspecified atom stereocenters. The SMILES string of the molecule is CCc1nnsc1C(=O)N1C[C@H](COC)O[C@@H](C)C1. The first-order valence-corrected chi connectivity index (χ1v) is 7.17. The predicted octanol–water partition coefficient (Wildman–Crippen LogP) is 0.976. The monoisotopic (exact) mass is 285 g/mol. The Kier molecular flexibility index (Phi) is 4.84. The lowest BCUT2D eigenvalue weighted by atomic mass is 10.2. The molecule has 0 bridgehead atoms. The molecule has 0 spiro atoms. The second kappa shape index (κ2) is 6.40. The van der Waals surface area contributed by atoms with Crippen molar-refractivity contribution in [1.29, 1.82) is 0 Å². The normalized spacial score (nSPS) is 23.6. The van der Waals surface area contributed by atoms with Crippen molar-refractivity contribution in [3.05, 3.63) is 10.6 Å². The zero-order valence-corrected chi connectivity index (χ0v) is 12.3. The molecule has 1 aliphatic heterocycles. The fourth-order valence-corrected chi connectivity index (χ4v) is 2.95. The number of hydrogen-bond acceptors (Lipinski definition) is 6. The smallest absolute Gasteiger partial charge is 0.267 e. The van der Waals surface area contributed by atoms with Gasteiger partial charge in [0.2, 0.25) is 0 Å². The second-order valence-corrected chi connectivity index (χ2v) is 5.39. The van der Waals surface area contributed by atoms with Crippen molar-refractivity contribution in [2.75, 3.05) is 26.8 Å². The van der Waals surface area contributed by atoms with Crippen LogP contribution in [0.25, 0.3) is 0 Å². The average Bonchev–Trinajstić information content (AvgIpc) is 2.85. The van der Waals surface area contributed by atoms with Gasteiger partial charge in [0.1, 0.15) is 4.88 Å².